The Morgan fingerprint density at radius 3 is 1.32 bits per heavy atom. The van der Waals surface area contributed by atoms with Crippen LogP contribution in [0.4, 0.5) is 0 Å². The zero-order valence-corrected chi connectivity index (χ0v) is 30.4. The summed E-state index contributed by atoms with van der Waals surface area (Å²) in [5.41, 5.74) is 17.6. The number of rotatable bonds is 5. The molecule has 3 aromatic heterocycles. The average molecular weight is 686 g/mol. The van der Waals surface area contributed by atoms with Gasteiger partial charge in [-0.2, -0.15) is 10.5 Å². The molecular weight excluding hydrogens is 651 g/mol. The smallest absolute Gasteiger partial charge is 0.161 e. The maximum Gasteiger partial charge on any atom is 0.161 e. The molecule has 0 saturated heterocycles. The van der Waals surface area contributed by atoms with Crippen LogP contribution in [0.1, 0.15) is 44.5 Å². The first-order valence-electron chi connectivity index (χ1n) is 17.5. The number of benzene rings is 5. The van der Waals surface area contributed by atoms with E-state index in [9.17, 15) is 10.5 Å². The molecule has 0 N–H and O–H groups in total. The Hall–Kier alpha value is -6.96. The molecule has 0 bridgehead atoms. The maximum absolute atomic E-state index is 9.51. The number of fused-ring (bicyclic) bond motifs is 3. The summed E-state index contributed by atoms with van der Waals surface area (Å²) in [6.07, 6.45) is 6.12. The van der Waals surface area contributed by atoms with Crippen LogP contribution in [-0.4, -0.2) is 24.5 Å². The molecule has 0 spiro atoms. The van der Waals surface area contributed by atoms with E-state index in [-0.39, 0.29) is 0 Å². The molecule has 0 amide bonds. The minimum atomic E-state index is 0.377. The normalized spacial score (nSPS) is 11.2. The molecule has 0 saturated carbocycles. The van der Waals surface area contributed by atoms with E-state index in [4.69, 9.17) is 0 Å². The van der Waals surface area contributed by atoms with Crippen LogP contribution in [0, 0.1) is 64.2 Å². The molecule has 8 rings (SSSR count). The van der Waals surface area contributed by atoms with Crippen LogP contribution >= 0.6 is 0 Å². The Labute approximate surface area is 308 Å². The van der Waals surface area contributed by atoms with Crippen molar-refractivity contribution in [1.82, 2.24) is 24.5 Å². The number of hydrogen-bond acceptors (Lipinski definition) is 6. The molecule has 8 aromatic rings. The first-order valence-corrected chi connectivity index (χ1v) is 17.5. The van der Waals surface area contributed by atoms with E-state index in [1.165, 1.54) is 68.0 Å². The zero-order chi connectivity index (χ0) is 37.0. The van der Waals surface area contributed by atoms with Gasteiger partial charge in [0.05, 0.1) is 27.8 Å². The van der Waals surface area contributed by atoms with E-state index in [1.54, 1.807) is 12.4 Å². The Morgan fingerprint density at radius 2 is 0.887 bits per heavy atom. The number of nitriles is 2. The molecule has 7 nitrogen and oxygen atoms in total. The minimum Gasteiger partial charge on any atom is -0.308 e. The Kier molecular flexibility index (Phi) is 8.13. The van der Waals surface area contributed by atoms with Crippen molar-refractivity contribution in [3.05, 3.63) is 148 Å². The lowest BCUT2D eigenvalue weighted by Crippen LogP contribution is -2.01. The van der Waals surface area contributed by atoms with Crippen LogP contribution in [0.25, 0.3) is 72.5 Å². The van der Waals surface area contributed by atoms with Crippen LogP contribution in [0.2, 0.25) is 0 Å². The summed E-state index contributed by atoms with van der Waals surface area (Å²) < 4.78 is 2.28. The molecule has 0 atom stereocenters. The summed E-state index contributed by atoms with van der Waals surface area (Å²) in [6.45, 7) is 13.0. The van der Waals surface area contributed by atoms with Crippen molar-refractivity contribution in [3.8, 4) is 62.9 Å². The van der Waals surface area contributed by atoms with E-state index in [0.717, 1.165) is 38.6 Å². The fourth-order valence-corrected chi connectivity index (χ4v) is 7.97. The number of nitrogens with zero attached hydrogens (tertiary/aromatic N) is 7. The third-order valence-corrected chi connectivity index (χ3v) is 9.99. The summed E-state index contributed by atoms with van der Waals surface area (Å²) in [5, 5.41) is 21.1. The first kappa shape index (κ1) is 33.2. The standard InChI is InChI=1S/C46H35N7/c1-26-13-28(3)43(29(4)14-26)34-7-10-40-37(17-34)38-18-35(44-30(5)15-27(2)16-31(44)6)8-11-41(38)53(40)42-12-9-36(45-49-22-32(20-47)23-50-45)19-39(42)46-51-24-33(21-48)25-52-46/h7-19,22-25H,1-6H3. The lowest BCUT2D eigenvalue weighted by molar-refractivity contribution is 1.12. The first-order chi connectivity index (χ1) is 25.6. The van der Waals surface area contributed by atoms with Crippen molar-refractivity contribution in [1.29, 1.82) is 10.5 Å². The number of aromatic nitrogens is 5. The highest BCUT2D eigenvalue weighted by Gasteiger charge is 2.21. The van der Waals surface area contributed by atoms with Crippen LogP contribution in [0.15, 0.2) is 104 Å². The van der Waals surface area contributed by atoms with E-state index in [0.29, 0.717) is 22.8 Å². The van der Waals surface area contributed by atoms with Gasteiger partial charge in [0.25, 0.3) is 0 Å². The van der Waals surface area contributed by atoms with Gasteiger partial charge in [0.15, 0.2) is 11.6 Å². The quantitative estimate of drug-likeness (QED) is 0.179. The van der Waals surface area contributed by atoms with Crippen LogP contribution in [0.3, 0.4) is 0 Å². The molecule has 0 aliphatic rings. The van der Waals surface area contributed by atoms with Gasteiger partial charge in [-0.1, -0.05) is 47.5 Å². The maximum atomic E-state index is 9.51. The minimum absolute atomic E-state index is 0.377. The van der Waals surface area contributed by atoms with E-state index in [2.05, 4.69) is 145 Å². The summed E-state index contributed by atoms with van der Waals surface area (Å²) >= 11 is 0. The summed E-state index contributed by atoms with van der Waals surface area (Å²) in [5.74, 6) is 0.948. The van der Waals surface area contributed by atoms with Gasteiger partial charge in [0, 0.05) is 46.7 Å². The molecule has 0 aliphatic carbocycles. The van der Waals surface area contributed by atoms with Gasteiger partial charge in [-0.05, 0) is 129 Å². The second kappa shape index (κ2) is 13.0. The molecule has 5 aromatic carbocycles. The van der Waals surface area contributed by atoms with Gasteiger partial charge >= 0.3 is 0 Å². The Bertz CT molecular complexity index is 2690. The van der Waals surface area contributed by atoms with Crippen molar-refractivity contribution >= 4 is 21.8 Å². The van der Waals surface area contributed by atoms with Gasteiger partial charge < -0.3 is 4.57 Å². The second-order valence-electron chi connectivity index (χ2n) is 13.9. The van der Waals surface area contributed by atoms with Crippen molar-refractivity contribution in [2.75, 3.05) is 0 Å². The van der Waals surface area contributed by atoms with Crippen LogP contribution < -0.4 is 0 Å². The van der Waals surface area contributed by atoms with Crippen molar-refractivity contribution in [3.63, 3.8) is 0 Å². The highest BCUT2D eigenvalue weighted by molar-refractivity contribution is 6.12. The van der Waals surface area contributed by atoms with E-state index >= 15 is 0 Å². The van der Waals surface area contributed by atoms with Gasteiger partial charge in [-0.25, -0.2) is 19.9 Å². The molecule has 7 heteroatoms. The topological polar surface area (TPSA) is 104 Å². The monoisotopic (exact) mass is 685 g/mol. The molecule has 0 fully saturated rings. The van der Waals surface area contributed by atoms with Crippen molar-refractivity contribution in [2.45, 2.75) is 41.5 Å². The van der Waals surface area contributed by atoms with Gasteiger partial charge in [-0.3, -0.25) is 0 Å². The SMILES string of the molecule is Cc1cc(C)c(-c2ccc3c(c2)c2cc(-c4c(C)cc(C)cc4C)ccc2n3-c2ccc(-c3ncc(C#N)cn3)cc2-c2ncc(C#N)cn2)c(C)c1. The number of aryl methyl sites for hydroxylation is 6. The number of hydrogen-bond donors (Lipinski definition) is 0. The third-order valence-electron chi connectivity index (χ3n) is 9.99. The summed E-state index contributed by atoms with van der Waals surface area (Å²) in [7, 11) is 0. The highest BCUT2D eigenvalue weighted by Crippen LogP contribution is 2.41. The molecular formula is C46H35N7. The summed E-state index contributed by atoms with van der Waals surface area (Å²) in [4.78, 5) is 18.2. The van der Waals surface area contributed by atoms with E-state index < -0.39 is 0 Å². The molecule has 0 radical (unpaired) electrons. The third kappa shape index (κ3) is 5.79. The fourth-order valence-electron chi connectivity index (χ4n) is 7.97. The zero-order valence-electron chi connectivity index (χ0n) is 30.4. The van der Waals surface area contributed by atoms with Crippen LogP contribution in [-0.2, 0) is 0 Å². The Balaban J connectivity index is 1.43. The van der Waals surface area contributed by atoms with Gasteiger partial charge in [-0.15, -0.1) is 0 Å². The molecule has 254 valence electrons. The largest absolute Gasteiger partial charge is 0.308 e. The molecule has 0 aliphatic heterocycles. The van der Waals surface area contributed by atoms with E-state index in [1.807, 2.05) is 12.1 Å². The molecule has 0 unspecified atom stereocenters. The van der Waals surface area contributed by atoms with Gasteiger partial charge in [0.2, 0.25) is 0 Å². The lowest BCUT2D eigenvalue weighted by Gasteiger charge is -2.16. The van der Waals surface area contributed by atoms with Crippen LogP contribution in [0.5, 0.6) is 0 Å². The average Bonchev–Trinajstić information content (AvgIpc) is 3.47. The molecule has 53 heavy (non-hydrogen) atoms. The fraction of sp³-hybridized carbons (Fsp3) is 0.130. The predicted octanol–water partition coefficient (Wildman–Crippen LogP) is 10.6. The van der Waals surface area contributed by atoms with Gasteiger partial charge in [0.1, 0.15) is 12.1 Å². The Morgan fingerprint density at radius 1 is 0.472 bits per heavy atom. The van der Waals surface area contributed by atoms with Crippen molar-refractivity contribution in [2.24, 2.45) is 0 Å². The lowest BCUT2D eigenvalue weighted by atomic mass is 9.91. The second-order valence-corrected chi connectivity index (χ2v) is 13.9. The predicted molar refractivity (Wildman–Crippen MR) is 212 cm³/mol. The molecule has 3 heterocycles. The highest BCUT2D eigenvalue weighted by atomic mass is 15.0. The summed E-state index contributed by atoms with van der Waals surface area (Å²) in [6, 6.07) is 32.8. The van der Waals surface area contributed by atoms with Crippen molar-refractivity contribution < 1.29 is 0 Å².